The molecule has 0 aliphatic rings. The number of nitrogens with one attached hydrogen (secondary N) is 1. The van der Waals surface area contributed by atoms with Gasteiger partial charge in [-0.25, -0.2) is 8.42 Å². The van der Waals surface area contributed by atoms with Crippen molar-refractivity contribution in [3.05, 3.63) is 34.8 Å². The van der Waals surface area contributed by atoms with Crippen LogP contribution in [0.2, 0.25) is 0 Å². The van der Waals surface area contributed by atoms with Crippen molar-refractivity contribution in [3.63, 3.8) is 0 Å². The molecule has 7 nitrogen and oxygen atoms in total. The van der Waals surface area contributed by atoms with Gasteiger partial charge in [-0.3, -0.25) is 9.52 Å². The predicted molar refractivity (Wildman–Crippen MR) is 72.7 cm³/mol. The van der Waals surface area contributed by atoms with Gasteiger partial charge in [0.15, 0.2) is 5.01 Å². The SMILES string of the molecule is Cc1ccc(S(=O)(=O)Nc2nnc(COC=O)s2)cc1. The molecule has 0 fully saturated rings. The molecule has 0 aliphatic heterocycles. The highest BCUT2D eigenvalue weighted by Gasteiger charge is 2.16. The van der Waals surface area contributed by atoms with Crippen LogP contribution in [0.15, 0.2) is 29.2 Å². The number of hydrogen-bond acceptors (Lipinski definition) is 7. The van der Waals surface area contributed by atoms with Crippen LogP contribution < -0.4 is 4.72 Å². The van der Waals surface area contributed by atoms with Gasteiger partial charge in [0.05, 0.1) is 4.90 Å². The Hall–Kier alpha value is -2.00. The second-order valence-corrected chi connectivity index (χ2v) is 6.57. The lowest BCUT2D eigenvalue weighted by atomic mass is 10.2. The minimum absolute atomic E-state index is 0.0343. The van der Waals surface area contributed by atoms with E-state index in [0.29, 0.717) is 5.01 Å². The first-order chi connectivity index (χ1) is 9.51. The van der Waals surface area contributed by atoms with E-state index in [4.69, 9.17) is 0 Å². The molecule has 9 heteroatoms. The first-order valence-electron chi connectivity index (χ1n) is 5.48. The Morgan fingerprint density at radius 3 is 2.65 bits per heavy atom. The Balaban J connectivity index is 2.13. The standard InChI is InChI=1S/C11H11N3O4S2/c1-8-2-4-9(5-3-8)20(16,17)14-11-13-12-10(19-11)6-18-7-15/h2-5,7H,6H2,1H3,(H,13,14). The summed E-state index contributed by atoms with van der Waals surface area (Å²) in [5, 5.41) is 7.91. The highest BCUT2D eigenvalue weighted by atomic mass is 32.2. The molecule has 0 saturated carbocycles. The second kappa shape index (κ2) is 5.97. The minimum Gasteiger partial charge on any atom is -0.460 e. The number of carbonyl (C=O) groups excluding carboxylic acids is 1. The maximum Gasteiger partial charge on any atom is 0.293 e. The van der Waals surface area contributed by atoms with Crippen LogP contribution in [-0.4, -0.2) is 25.1 Å². The van der Waals surface area contributed by atoms with Gasteiger partial charge in [-0.15, -0.1) is 10.2 Å². The summed E-state index contributed by atoms with van der Waals surface area (Å²) in [4.78, 5) is 10.2. The van der Waals surface area contributed by atoms with Gasteiger partial charge in [0.1, 0.15) is 6.61 Å². The maximum atomic E-state index is 12.1. The number of aryl methyl sites for hydroxylation is 1. The van der Waals surface area contributed by atoms with Crippen LogP contribution >= 0.6 is 11.3 Å². The summed E-state index contributed by atoms with van der Waals surface area (Å²) in [6.07, 6.45) is 0. The lowest BCUT2D eigenvalue weighted by molar-refractivity contribution is -0.129. The third-order valence-corrected chi connectivity index (χ3v) is 4.59. The summed E-state index contributed by atoms with van der Waals surface area (Å²) >= 11 is 1.00. The van der Waals surface area contributed by atoms with Gasteiger partial charge in [-0.05, 0) is 19.1 Å². The number of nitrogens with zero attached hydrogens (tertiary/aromatic N) is 2. The summed E-state index contributed by atoms with van der Waals surface area (Å²) in [6, 6.07) is 6.43. The number of rotatable bonds is 6. The summed E-state index contributed by atoms with van der Waals surface area (Å²) in [6.45, 7) is 2.12. The molecule has 1 N–H and O–H groups in total. The van der Waals surface area contributed by atoms with Crippen LogP contribution in [0.3, 0.4) is 0 Å². The molecule has 0 saturated heterocycles. The third kappa shape index (κ3) is 3.52. The summed E-state index contributed by atoms with van der Waals surface area (Å²) < 4.78 is 31.0. The van der Waals surface area contributed by atoms with Crippen LogP contribution in [0.1, 0.15) is 10.6 Å². The molecule has 0 radical (unpaired) electrons. The molecule has 0 unspecified atom stereocenters. The molecule has 1 heterocycles. The van der Waals surface area contributed by atoms with Crippen LogP contribution in [0.25, 0.3) is 0 Å². The van der Waals surface area contributed by atoms with Crippen molar-refractivity contribution in [1.82, 2.24) is 10.2 Å². The van der Waals surface area contributed by atoms with Gasteiger partial charge in [0.25, 0.3) is 16.5 Å². The zero-order valence-electron chi connectivity index (χ0n) is 10.4. The highest BCUT2D eigenvalue weighted by Crippen LogP contribution is 2.20. The van der Waals surface area contributed by atoms with E-state index in [1.54, 1.807) is 12.1 Å². The fourth-order valence-electron chi connectivity index (χ4n) is 1.35. The molecule has 106 valence electrons. The average molecular weight is 313 g/mol. The molecular weight excluding hydrogens is 302 g/mol. The molecule has 1 aromatic heterocycles. The summed E-state index contributed by atoms with van der Waals surface area (Å²) in [7, 11) is -3.69. The Bertz CT molecular complexity index is 695. The number of ether oxygens (including phenoxy) is 1. The lowest BCUT2D eigenvalue weighted by Gasteiger charge is -2.04. The lowest BCUT2D eigenvalue weighted by Crippen LogP contribution is -2.12. The Kier molecular flexibility index (Phi) is 4.30. The van der Waals surface area contributed by atoms with Gasteiger partial charge in [0.2, 0.25) is 5.13 Å². The van der Waals surface area contributed by atoms with E-state index in [9.17, 15) is 13.2 Å². The smallest absolute Gasteiger partial charge is 0.293 e. The molecule has 1 aromatic carbocycles. The Morgan fingerprint density at radius 1 is 1.30 bits per heavy atom. The van der Waals surface area contributed by atoms with Crippen LogP contribution in [0, 0.1) is 6.92 Å². The van der Waals surface area contributed by atoms with Crippen LogP contribution in [-0.2, 0) is 26.2 Å². The van der Waals surface area contributed by atoms with Gasteiger partial charge in [0, 0.05) is 0 Å². The van der Waals surface area contributed by atoms with Crippen molar-refractivity contribution in [2.24, 2.45) is 0 Å². The largest absolute Gasteiger partial charge is 0.460 e. The van der Waals surface area contributed by atoms with E-state index in [-0.39, 0.29) is 23.1 Å². The molecule has 0 bridgehead atoms. The van der Waals surface area contributed by atoms with Crippen molar-refractivity contribution in [1.29, 1.82) is 0 Å². The molecular formula is C11H11N3O4S2. The van der Waals surface area contributed by atoms with Crippen molar-refractivity contribution in [3.8, 4) is 0 Å². The normalized spacial score (nSPS) is 11.1. The minimum atomic E-state index is -3.69. The average Bonchev–Trinajstić information content (AvgIpc) is 2.83. The van der Waals surface area contributed by atoms with Gasteiger partial charge >= 0.3 is 0 Å². The van der Waals surface area contributed by atoms with Crippen molar-refractivity contribution < 1.29 is 17.9 Å². The van der Waals surface area contributed by atoms with E-state index in [0.717, 1.165) is 16.9 Å². The zero-order valence-corrected chi connectivity index (χ0v) is 12.1. The number of benzene rings is 1. The molecule has 0 amide bonds. The molecule has 0 aliphatic carbocycles. The maximum absolute atomic E-state index is 12.1. The van der Waals surface area contributed by atoms with E-state index in [2.05, 4.69) is 19.7 Å². The fraction of sp³-hybridized carbons (Fsp3) is 0.182. The van der Waals surface area contributed by atoms with E-state index >= 15 is 0 Å². The Morgan fingerprint density at radius 2 is 2.00 bits per heavy atom. The van der Waals surface area contributed by atoms with Crippen LogP contribution in [0.4, 0.5) is 5.13 Å². The van der Waals surface area contributed by atoms with E-state index < -0.39 is 10.0 Å². The first kappa shape index (κ1) is 14.4. The topological polar surface area (TPSA) is 98.2 Å². The zero-order chi connectivity index (χ0) is 14.6. The second-order valence-electron chi connectivity index (χ2n) is 3.83. The van der Waals surface area contributed by atoms with Gasteiger partial charge < -0.3 is 4.74 Å². The quantitative estimate of drug-likeness (QED) is 0.808. The van der Waals surface area contributed by atoms with Gasteiger partial charge in [-0.2, -0.15) is 0 Å². The predicted octanol–water partition coefficient (Wildman–Crippen LogP) is 1.32. The molecule has 20 heavy (non-hydrogen) atoms. The third-order valence-electron chi connectivity index (χ3n) is 2.29. The fourth-order valence-corrected chi connectivity index (χ4v) is 3.24. The van der Waals surface area contributed by atoms with Crippen molar-refractivity contribution in [2.45, 2.75) is 18.4 Å². The molecule has 2 aromatic rings. The molecule has 2 rings (SSSR count). The number of hydrogen-bond donors (Lipinski definition) is 1. The highest BCUT2D eigenvalue weighted by molar-refractivity contribution is 7.93. The van der Waals surface area contributed by atoms with Crippen LogP contribution in [0.5, 0.6) is 0 Å². The van der Waals surface area contributed by atoms with Crippen molar-refractivity contribution in [2.75, 3.05) is 4.72 Å². The monoisotopic (exact) mass is 313 g/mol. The number of aromatic nitrogens is 2. The Labute approximate surface area is 119 Å². The first-order valence-corrected chi connectivity index (χ1v) is 7.78. The van der Waals surface area contributed by atoms with Crippen molar-refractivity contribution >= 4 is 33.0 Å². The number of anilines is 1. The number of carbonyl (C=O) groups is 1. The van der Waals surface area contributed by atoms with E-state index in [1.165, 1.54) is 12.1 Å². The summed E-state index contributed by atoms with van der Waals surface area (Å²) in [5.41, 5.74) is 0.966. The van der Waals surface area contributed by atoms with Gasteiger partial charge in [-0.1, -0.05) is 29.0 Å². The number of sulfonamides is 1. The molecule has 0 spiro atoms. The summed E-state index contributed by atoms with van der Waals surface area (Å²) in [5.74, 6) is 0. The molecule has 0 atom stereocenters. The van der Waals surface area contributed by atoms with E-state index in [1.807, 2.05) is 6.92 Å².